The molecule has 3 aliphatic heterocycles. The summed E-state index contributed by atoms with van der Waals surface area (Å²) in [5.41, 5.74) is 0.791. The molecule has 138 valence electrons. The molecule has 3 heterocycles. The van der Waals surface area contributed by atoms with E-state index in [1.165, 1.54) is 77.7 Å². The molecular weight excluding hydrogens is 298 g/mol. The predicted molar refractivity (Wildman–Crippen MR) is 98.4 cm³/mol. The third kappa shape index (κ3) is 4.14. The van der Waals surface area contributed by atoms with Crippen molar-refractivity contribution in [3.63, 3.8) is 0 Å². The van der Waals surface area contributed by atoms with Crippen molar-refractivity contribution in [3.8, 4) is 0 Å². The molecule has 3 saturated heterocycles. The van der Waals surface area contributed by atoms with Crippen LogP contribution in [-0.4, -0.2) is 86.8 Å². The average Bonchev–Trinajstić information content (AvgIpc) is 2.55. The summed E-state index contributed by atoms with van der Waals surface area (Å²) in [5.74, 6) is 0.885. The summed E-state index contributed by atoms with van der Waals surface area (Å²) in [6.45, 7) is 10.9. The first-order valence-corrected chi connectivity index (χ1v) is 10.5. The third-order valence-electron chi connectivity index (χ3n) is 7.25. The van der Waals surface area contributed by atoms with Crippen molar-refractivity contribution in [1.29, 1.82) is 0 Å². The molecule has 0 amide bonds. The highest BCUT2D eigenvalue weighted by atomic mass is 16.5. The number of ether oxygens (including phenoxy) is 1. The number of hydrogen-bond acceptors (Lipinski definition) is 4. The standard InChI is InChI=1S/C20H37N3O/c1-21-12-13-24-19(16-21)17-23-9-2-4-18(15-23)14-22-10-7-20(8-11-22)5-3-6-20/h18-19H,2-17H2,1H3. The number of piperidine rings is 2. The van der Waals surface area contributed by atoms with Crippen molar-refractivity contribution in [2.45, 2.75) is 51.0 Å². The van der Waals surface area contributed by atoms with Gasteiger partial charge in [-0.15, -0.1) is 0 Å². The molecule has 1 aliphatic carbocycles. The van der Waals surface area contributed by atoms with Crippen LogP contribution in [0.2, 0.25) is 0 Å². The van der Waals surface area contributed by atoms with Crippen LogP contribution in [0.5, 0.6) is 0 Å². The Kier molecular flexibility index (Phi) is 5.47. The van der Waals surface area contributed by atoms with Gasteiger partial charge in [-0.1, -0.05) is 6.42 Å². The molecule has 24 heavy (non-hydrogen) atoms. The largest absolute Gasteiger partial charge is 0.374 e. The van der Waals surface area contributed by atoms with Crippen LogP contribution in [0.4, 0.5) is 0 Å². The molecule has 4 aliphatic rings. The molecule has 4 rings (SSSR count). The summed E-state index contributed by atoms with van der Waals surface area (Å²) in [4.78, 5) is 7.89. The van der Waals surface area contributed by atoms with Crippen LogP contribution < -0.4 is 0 Å². The maximum absolute atomic E-state index is 5.98. The summed E-state index contributed by atoms with van der Waals surface area (Å²) < 4.78 is 5.98. The number of hydrogen-bond donors (Lipinski definition) is 0. The van der Waals surface area contributed by atoms with Crippen molar-refractivity contribution in [1.82, 2.24) is 14.7 Å². The van der Waals surface area contributed by atoms with Gasteiger partial charge in [0.2, 0.25) is 0 Å². The van der Waals surface area contributed by atoms with Crippen molar-refractivity contribution in [2.75, 3.05) is 66.0 Å². The molecular formula is C20H37N3O. The second kappa shape index (κ2) is 7.61. The maximum atomic E-state index is 5.98. The van der Waals surface area contributed by atoms with Gasteiger partial charge in [0.1, 0.15) is 0 Å². The van der Waals surface area contributed by atoms with Crippen molar-refractivity contribution >= 4 is 0 Å². The fourth-order valence-corrected chi connectivity index (χ4v) is 5.48. The molecule has 4 heteroatoms. The van der Waals surface area contributed by atoms with E-state index in [1.807, 2.05) is 0 Å². The fourth-order valence-electron chi connectivity index (χ4n) is 5.48. The third-order valence-corrected chi connectivity index (χ3v) is 7.25. The molecule has 1 saturated carbocycles. The van der Waals surface area contributed by atoms with Gasteiger partial charge in [0.15, 0.2) is 0 Å². The summed E-state index contributed by atoms with van der Waals surface area (Å²) in [7, 11) is 2.22. The van der Waals surface area contributed by atoms with E-state index in [2.05, 4.69) is 21.7 Å². The van der Waals surface area contributed by atoms with Gasteiger partial charge >= 0.3 is 0 Å². The van der Waals surface area contributed by atoms with E-state index in [1.54, 1.807) is 0 Å². The highest BCUT2D eigenvalue weighted by Gasteiger charge is 2.39. The summed E-state index contributed by atoms with van der Waals surface area (Å²) in [6, 6.07) is 0. The molecule has 0 aromatic heterocycles. The van der Waals surface area contributed by atoms with Gasteiger partial charge in [0.25, 0.3) is 0 Å². The Hall–Kier alpha value is -0.160. The van der Waals surface area contributed by atoms with E-state index in [4.69, 9.17) is 4.74 Å². The zero-order valence-electron chi connectivity index (χ0n) is 15.7. The minimum atomic E-state index is 0.427. The number of likely N-dealkylation sites (tertiary alicyclic amines) is 2. The molecule has 1 spiro atoms. The Morgan fingerprint density at radius 2 is 1.71 bits per heavy atom. The van der Waals surface area contributed by atoms with Gasteiger partial charge in [0, 0.05) is 32.7 Å². The minimum absolute atomic E-state index is 0.427. The number of nitrogens with zero attached hydrogens (tertiary/aromatic N) is 3. The number of rotatable bonds is 4. The molecule has 0 bridgehead atoms. The molecule has 0 aromatic carbocycles. The molecule has 4 fully saturated rings. The Balaban J connectivity index is 1.20. The topological polar surface area (TPSA) is 19.0 Å². The van der Waals surface area contributed by atoms with Crippen molar-refractivity contribution in [3.05, 3.63) is 0 Å². The molecule has 0 N–H and O–H groups in total. The van der Waals surface area contributed by atoms with E-state index < -0.39 is 0 Å². The molecule has 0 radical (unpaired) electrons. The van der Waals surface area contributed by atoms with Crippen LogP contribution in [0.1, 0.15) is 44.9 Å². The van der Waals surface area contributed by atoms with E-state index in [0.29, 0.717) is 6.10 Å². The Morgan fingerprint density at radius 1 is 0.875 bits per heavy atom. The van der Waals surface area contributed by atoms with E-state index in [9.17, 15) is 0 Å². The second-order valence-corrected chi connectivity index (χ2v) is 9.18. The van der Waals surface area contributed by atoms with Gasteiger partial charge in [-0.3, -0.25) is 0 Å². The van der Waals surface area contributed by atoms with Crippen LogP contribution >= 0.6 is 0 Å². The zero-order chi connectivity index (χ0) is 16.4. The van der Waals surface area contributed by atoms with Crippen LogP contribution in [0.3, 0.4) is 0 Å². The van der Waals surface area contributed by atoms with Gasteiger partial charge < -0.3 is 19.4 Å². The molecule has 2 atom stereocenters. The van der Waals surface area contributed by atoms with Crippen LogP contribution in [0, 0.1) is 11.3 Å². The van der Waals surface area contributed by atoms with E-state index in [0.717, 1.165) is 37.6 Å². The molecule has 0 aromatic rings. The lowest BCUT2D eigenvalue weighted by atomic mass is 9.63. The average molecular weight is 336 g/mol. The van der Waals surface area contributed by atoms with E-state index >= 15 is 0 Å². The van der Waals surface area contributed by atoms with Crippen molar-refractivity contribution in [2.24, 2.45) is 11.3 Å². The highest BCUT2D eigenvalue weighted by Crippen LogP contribution is 2.48. The number of likely N-dealkylation sites (N-methyl/N-ethyl adjacent to an activating group) is 1. The lowest BCUT2D eigenvalue weighted by Crippen LogP contribution is -2.50. The van der Waals surface area contributed by atoms with Crippen LogP contribution in [0.25, 0.3) is 0 Å². The summed E-state index contributed by atoms with van der Waals surface area (Å²) in [6.07, 6.45) is 10.7. The summed E-state index contributed by atoms with van der Waals surface area (Å²) in [5, 5.41) is 0. The van der Waals surface area contributed by atoms with Gasteiger partial charge in [0.05, 0.1) is 12.7 Å². The minimum Gasteiger partial charge on any atom is -0.374 e. The quantitative estimate of drug-likeness (QED) is 0.785. The van der Waals surface area contributed by atoms with Gasteiger partial charge in [-0.2, -0.15) is 0 Å². The SMILES string of the molecule is CN1CCOC(CN2CCCC(CN3CCC4(CCC4)CC3)C2)C1. The maximum Gasteiger partial charge on any atom is 0.0829 e. The summed E-state index contributed by atoms with van der Waals surface area (Å²) >= 11 is 0. The zero-order valence-corrected chi connectivity index (χ0v) is 15.7. The van der Waals surface area contributed by atoms with E-state index in [-0.39, 0.29) is 0 Å². The Labute approximate surface area is 148 Å². The van der Waals surface area contributed by atoms with Gasteiger partial charge in [-0.05, 0) is 76.5 Å². The lowest BCUT2D eigenvalue weighted by Gasteiger charge is -2.49. The fraction of sp³-hybridized carbons (Fsp3) is 1.00. The first kappa shape index (κ1) is 17.3. The second-order valence-electron chi connectivity index (χ2n) is 9.18. The monoisotopic (exact) mass is 335 g/mol. The predicted octanol–water partition coefficient (Wildman–Crippen LogP) is 2.30. The van der Waals surface area contributed by atoms with Crippen LogP contribution in [0.15, 0.2) is 0 Å². The Morgan fingerprint density at radius 3 is 2.42 bits per heavy atom. The first-order valence-electron chi connectivity index (χ1n) is 10.5. The van der Waals surface area contributed by atoms with Crippen LogP contribution in [-0.2, 0) is 4.74 Å². The lowest BCUT2D eigenvalue weighted by molar-refractivity contribution is -0.0423. The first-order chi connectivity index (χ1) is 11.7. The molecule has 2 unspecified atom stereocenters. The Bertz CT molecular complexity index is 402. The van der Waals surface area contributed by atoms with Crippen molar-refractivity contribution < 1.29 is 4.74 Å². The molecule has 4 nitrogen and oxygen atoms in total. The highest BCUT2D eigenvalue weighted by molar-refractivity contribution is 4.92. The number of morpholine rings is 1. The van der Waals surface area contributed by atoms with Gasteiger partial charge in [-0.25, -0.2) is 0 Å². The normalized spacial score (nSPS) is 35.9. The smallest absolute Gasteiger partial charge is 0.0829 e.